The van der Waals surface area contributed by atoms with Gasteiger partial charge in [0.15, 0.2) is 0 Å². The molecule has 0 aromatic rings. The summed E-state index contributed by atoms with van der Waals surface area (Å²) in [6, 6.07) is -2.49. The van der Waals surface area contributed by atoms with Gasteiger partial charge in [0.05, 0.1) is 0 Å². The predicted octanol–water partition coefficient (Wildman–Crippen LogP) is 1.51. The fraction of sp³-hybridized carbons (Fsp3) is 0.375. The second kappa shape index (κ2) is 5.06. The van der Waals surface area contributed by atoms with Crippen LogP contribution in [0.25, 0.3) is 0 Å². The van der Waals surface area contributed by atoms with E-state index in [-0.39, 0.29) is 12.4 Å². The van der Waals surface area contributed by atoms with E-state index >= 15 is 0 Å². The van der Waals surface area contributed by atoms with E-state index < -0.39 is 12.1 Å². The van der Waals surface area contributed by atoms with Crippen molar-refractivity contribution in [2.45, 2.75) is 18.9 Å². The summed E-state index contributed by atoms with van der Waals surface area (Å²) >= 11 is 0. The first-order valence-corrected chi connectivity index (χ1v) is 3.52. The van der Waals surface area contributed by atoms with E-state index in [4.69, 9.17) is 5.73 Å². The molecule has 0 fully saturated rings. The number of hydrogen-bond acceptors (Lipinski definition) is 2. The number of rotatable bonds is 2. The highest BCUT2D eigenvalue weighted by Gasteiger charge is 2.17. The van der Waals surface area contributed by atoms with Crippen molar-refractivity contribution < 1.29 is 9.18 Å². The molecule has 0 saturated heterocycles. The summed E-state index contributed by atoms with van der Waals surface area (Å²) < 4.78 is 12.1. The Hall–Kier alpha value is -0.670. The fourth-order valence-corrected chi connectivity index (χ4v) is 1.03. The molecule has 0 amide bonds. The van der Waals surface area contributed by atoms with E-state index in [2.05, 4.69) is 0 Å². The van der Waals surface area contributed by atoms with Crippen molar-refractivity contribution >= 4 is 18.4 Å². The van der Waals surface area contributed by atoms with Crippen molar-refractivity contribution in [3.8, 4) is 0 Å². The van der Waals surface area contributed by atoms with Crippen LogP contribution in [0.15, 0.2) is 23.8 Å². The quantitative estimate of drug-likeness (QED) is 0.673. The van der Waals surface area contributed by atoms with Crippen molar-refractivity contribution in [2.24, 2.45) is 5.73 Å². The summed E-state index contributed by atoms with van der Waals surface area (Å²) in [7, 11) is 0. The highest BCUT2D eigenvalue weighted by atomic mass is 35.5. The van der Waals surface area contributed by atoms with Gasteiger partial charge in [0, 0.05) is 0 Å². The molecular weight excluding hydrogens is 181 g/mol. The van der Waals surface area contributed by atoms with Crippen LogP contribution < -0.4 is 5.73 Å². The van der Waals surface area contributed by atoms with E-state index in [1.165, 1.54) is 0 Å². The third kappa shape index (κ3) is 2.75. The van der Waals surface area contributed by atoms with Crippen LogP contribution in [-0.4, -0.2) is 12.1 Å². The van der Waals surface area contributed by atoms with Crippen LogP contribution in [-0.2, 0) is 4.79 Å². The lowest BCUT2D eigenvalue weighted by atomic mass is 9.99. The van der Waals surface area contributed by atoms with Crippen molar-refractivity contribution in [2.75, 3.05) is 0 Å². The van der Waals surface area contributed by atoms with Gasteiger partial charge < -0.3 is 5.73 Å². The molecular formula is C8H11ClFNO. The van der Waals surface area contributed by atoms with Gasteiger partial charge in [-0.25, -0.2) is 0 Å². The first kappa shape index (κ1) is 11.3. The Kier molecular flexibility index (Phi) is 4.78. The molecule has 0 spiro atoms. The molecule has 0 heterocycles. The molecule has 1 rings (SSSR count). The first-order valence-electron chi connectivity index (χ1n) is 3.52. The normalized spacial score (nSPS) is 17.7. The van der Waals surface area contributed by atoms with Gasteiger partial charge in [0.25, 0.3) is 0 Å². The summed E-state index contributed by atoms with van der Waals surface area (Å²) in [5.74, 6) is 0. The van der Waals surface area contributed by atoms with Crippen molar-refractivity contribution in [3.63, 3.8) is 0 Å². The van der Waals surface area contributed by atoms with E-state index in [1.54, 1.807) is 12.2 Å². The Bertz CT molecular complexity index is 225. The molecule has 0 radical (unpaired) electrons. The Labute approximate surface area is 76.7 Å². The standard InChI is InChI=1S/C8H10FNO.ClH/c9-8(11)7(10)6-4-2-1-3-5-6;/h1-2,4,7H,3,5,10H2;1H. The molecule has 68 valence electrons. The Morgan fingerprint density at radius 1 is 1.67 bits per heavy atom. The highest BCUT2D eigenvalue weighted by molar-refractivity contribution is 5.85. The molecule has 1 atom stereocenters. The summed E-state index contributed by atoms with van der Waals surface area (Å²) in [5.41, 5.74) is 5.95. The van der Waals surface area contributed by atoms with Crippen molar-refractivity contribution in [1.82, 2.24) is 0 Å². The largest absolute Gasteiger partial charge is 0.322 e. The number of carbonyl (C=O) groups is 1. The van der Waals surface area contributed by atoms with Crippen LogP contribution in [0.5, 0.6) is 0 Å². The zero-order chi connectivity index (χ0) is 8.27. The van der Waals surface area contributed by atoms with Crippen molar-refractivity contribution in [1.29, 1.82) is 0 Å². The van der Waals surface area contributed by atoms with Gasteiger partial charge in [-0.3, -0.25) is 4.79 Å². The topological polar surface area (TPSA) is 43.1 Å². The molecule has 1 unspecified atom stereocenters. The number of allylic oxidation sites excluding steroid dienone is 3. The molecule has 1 aliphatic rings. The highest BCUT2D eigenvalue weighted by Crippen LogP contribution is 2.14. The van der Waals surface area contributed by atoms with Crippen molar-refractivity contribution in [3.05, 3.63) is 23.8 Å². The average Bonchev–Trinajstić information content (AvgIpc) is 2.05. The van der Waals surface area contributed by atoms with Crippen LogP contribution in [0.1, 0.15) is 12.8 Å². The average molecular weight is 192 g/mol. The minimum Gasteiger partial charge on any atom is -0.316 e. The smallest absolute Gasteiger partial charge is 0.316 e. The third-order valence-corrected chi connectivity index (χ3v) is 1.69. The second-order valence-electron chi connectivity index (χ2n) is 2.49. The maximum atomic E-state index is 12.1. The zero-order valence-corrected chi connectivity index (χ0v) is 7.31. The molecule has 0 saturated carbocycles. The van der Waals surface area contributed by atoms with Gasteiger partial charge in [-0.2, -0.15) is 4.39 Å². The first-order chi connectivity index (χ1) is 5.22. The van der Waals surface area contributed by atoms with Gasteiger partial charge >= 0.3 is 6.04 Å². The summed E-state index contributed by atoms with van der Waals surface area (Å²) in [6.45, 7) is 0. The SMILES string of the molecule is Cl.NC(C(=O)F)C1=CC=CCC1. The van der Waals surface area contributed by atoms with Crippen LogP contribution in [0.2, 0.25) is 0 Å². The monoisotopic (exact) mass is 191 g/mol. The fourth-order valence-electron chi connectivity index (χ4n) is 1.03. The van der Waals surface area contributed by atoms with Gasteiger partial charge in [0.1, 0.15) is 6.04 Å². The van der Waals surface area contributed by atoms with Gasteiger partial charge in [0.2, 0.25) is 0 Å². The molecule has 0 bridgehead atoms. The molecule has 1 aliphatic carbocycles. The van der Waals surface area contributed by atoms with Crippen LogP contribution in [0, 0.1) is 0 Å². The molecule has 4 heteroatoms. The van der Waals surface area contributed by atoms with Gasteiger partial charge in [-0.05, 0) is 18.4 Å². The zero-order valence-electron chi connectivity index (χ0n) is 6.50. The number of nitrogens with two attached hydrogens (primary N) is 1. The molecule has 0 aromatic heterocycles. The Morgan fingerprint density at radius 3 is 2.75 bits per heavy atom. The molecule has 2 nitrogen and oxygen atoms in total. The molecule has 0 aliphatic heterocycles. The number of halogens is 2. The molecule has 2 N–H and O–H groups in total. The summed E-state index contributed by atoms with van der Waals surface area (Å²) in [6.07, 6.45) is 6.98. The van der Waals surface area contributed by atoms with E-state index in [0.717, 1.165) is 6.42 Å². The predicted molar refractivity (Wildman–Crippen MR) is 47.8 cm³/mol. The van der Waals surface area contributed by atoms with Crippen LogP contribution in [0.4, 0.5) is 4.39 Å². The third-order valence-electron chi connectivity index (χ3n) is 1.69. The van der Waals surface area contributed by atoms with Gasteiger partial charge in [-0.15, -0.1) is 12.4 Å². The Morgan fingerprint density at radius 2 is 2.33 bits per heavy atom. The van der Waals surface area contributed by atoms with Crippen LogP contribution in [0.3, 0.4) is 0 Å². The van der Waals surface area contributed by atoms with Gasteiger partial charge in [-0.1, -0.05) is 18.2 Å². The number of hydrogen-bond donors (Lipinski definition) is 1. The van der Waals surface area contributed by atoms with E-state index in [1.807, 2.05) is 6.08 Å². The maximum absolute atomic E-state index is 12.1. The minimum atomic E-state index is -1.45. The second-order valence-corrected chi connectivity index (χ2v) is 2.49. The maximum Gasteiger partial charge on any atom is 0.322 e. The molecule has 0 aromatic carbocycles. The summed E-state index contributed by atoms with van der Waals surface area (Å²) in [5, 5.41) is 0. The lowest BCUT2D eigenvalue weighted by Crippen LogP contribution is -2.30. The Balaban J connectivity index is 0.00000121. The number of carbonyl (C=O) groups excluding carboxylic acids is 1. The lowest BCUT2D eigenvalue weighted by Gasteiger charge is -2.11. The van der Waals surface area contributed by atoms with Crippen LogP contribution >= 0.6 is 12.4 Å². The van der Waals surface area contributed by atoms with E-state index in [9.17, 15) is 9.18 Å². The van der Waals surface area contributed by atoms with E-state index in [0.29, 0.717) is 12.0 Å². The minimum absolute atomic E-state index is 0. The lowest BCUT2D eigenvalue weighted by molar-refractivity contribution is -0.129. The molecule has 12 heavy (non-hydrogen) atoms. The summed E-state index contributed by atoms with van der Waals surface area (Å²) in [4.78, 5) is 10.2.